The lowest BCUT2D eigenvalue weighted by Gasteiger charge is -2.18. The topological polar surface area (TPSA) is 95.2 Å². The molecule has 0 aliphatic heterocycles. The number of nitrogens with one attached hydrogen (secondary N) is 2. The molecule has 0 fully saturated rings. The molecule has 9 heteroatoms. The molecular weight excluding hydrogens is 390 g/mol. The second kappa shape index (κ2) is 8.26. The van der Waals surface area contributed by atoms with Gasteiger partial charge in [-0.2, -0.15) is 0 Å². The number of rotatable bonds is 6. The molecule has 0 radical (unpaired) electrons. The lowest BCUT2D eigenvalue weighted by Crippen LogP contribution is -2.23. The number of aryl methyl sites for hydroxylation is 1. The van der Waals surface area contributed by atoms with Crippen molar-refractivity contribution in [3.05, 3.63) is 62.3 Å². The van der Waals surface area contributed by atoms with Gasteiger partial charge in [-0.15, -0.1) is 11.8 Å². The van der Waals surface area contributed by atoms with Crippen LogP contribution >= 0.6 is 11.8 Å². The number of fused-ring (bicyclic) bond motifs is 1. The van der Waals surface area contributed by atoms with Gasteiger partial charge in [0.2, 0.25) is 0 Å². The number of aliphatic hydroxyl groups excluding tert-OH is 1. The minimum atomic E-state index is -0.762. The first kappa shape index (κ1) is 20.2. The van der Waals surface area contributed by atoms with E-state index in [9.17, 15) is 23.5 Å². The molecule has 0 unspecified atom stereocenters. The number of aromatic nitrogens is 2. The number of aromatic amines is 2. The fraction of sp³-hybridized carbons (Fsp3) is 0.263. The maximum absolute atomic E-state index is 14.5. The van der Waals surface area contributed by atoms with Gasteiger partial charge in [0.25, 0.3) is 5.56 Å². The molecule has 3 rings (SSSR count). The summed E-state index contributed by atoms with van der Waals surface area (Å²) in [6.45, 7) is 1.47. The van der Waals surface area contributed by atoms with Gasteiger partial charge in [0.15, 0.2) is 0 Å². The Morgan fingerprint density at radius 2 is 1.96 bits per heavy atom. The summed E-state index contributed by atoms with van der Waals surface area (Å²) in [6.07, 6.45) is -0.500. The normalized spacial score (nSPS) is 12.5. The first-order valence-electron chi connectivity index (χ1n) is 8.37. The van der Waals surface area contributed by atoms with Crippen LogP contribution in [0.15, 0.2) is 38.8 Å². The van der Waals surface area contributed by atoms with Crippen LogP contribution in [0.25, 0.3) is 22.0 Å². The smallest absolute Gasteiger partial charge is 0.326 e. The third-order valence-electron chi connectivity index (χ3n) is 4.34. The summed E-state index contributed by atoms with van der Waals surface area (Å²) in [5.74, 6) is -1.18. The maximum Gasteiger partial charge on any atom is 0.326 e. The summed E-state index contributed by atoms with van der Waals surface area (Å²) < 4.78 is 33.1. The fourth-order valence-corrected chi connectivity index (χ4v) is 4.26. The van der Waals surface area contributed by atoms with Crippen LogP contribution in [0.2, 0.25) is 0 Å². The highest BCUT2D eigenvalue weighted by Crippen LogP contribution is 2.39. The van der Waals surface area contributed by atoms with Crippen molar-refractivity contribution in [2.75, 3.05) is 19.5 Å². The number of H-pyrrole nitrogens is 2. The summed E-state index contributed by atoms with van der Waals surface area (Å²) in [5.41, 5.74) is 0.137. The lowest BCUT2D eigenvalue weighted by molar-refractivity contribution is 0.0656. The molecule has 3 N–H and O–H groups in total. The highest BCUT2D eigenvalue weighted by molar-refractivity contribution is 7.99. The summed E-state index contributed by atoms with van der Waals surface area (Å²) in [6, 6.07) is 4.78. The molecule has 0 aliphatic rings. The molecule has 1 heterocycles. The Bertz CT molecular complexity index is 1140. The Balaban J connectivity index is 2.32. The lowest BCUT2D eigenvalue weighted by atomic mass is 9.98. The van der Waals surface area contributed by atoms with Gasteiger partial charge >= 0.3 is 5.69 Å². The van der Waals surface area contributed by atoms with E-state index in [1.54, 1.807) is 13.0 Å². The number of ether oxygens (including phenoxy) is 1. The summed E-state index contributed by atoms with van der Waals surface area (Å²) in [7, 11) is 1.45. The number of benzene rings is 2. The van der Waals surface area contributed by atoms with Gasteiger partial charge in [-0.1, -0.05) is 0 Å². The summed E-state index contributed by atoms with van der Waals surface area (Å²) in [4.78, 5) is 29.3. The van der Waals surface area contributed by atoms with Crippen molar-refractivity contribution < 1.29 is 18.6 Å². The zero-order valence-corrected chi connectivity index (χ0v) is 16.0. The quantitative estimate of drug-likeness (QED) is 0.545. The van der Waals surface area contributed by atoms with Crippen LogP contribution < -0.4 is 11.2 Å². The third kappa shape index (κ3) is 3.87. The largest absolute Gasteiger partial charge is 0.394 e. The third-order valence-corrected chi connectivity index (χ3v) is 5.58. The van der Waals surface area contributed by atoms with Gasteiger partial charge in [-0.3, -0.25) is 9.78 Å². The van der Waals surface area contributed by atoms with E-state index in [0.29, 0.717) is 16.0 Å². The van der Waals surface area contributed by atoms with E-state index in [1.807, 2.05) is 0 Å². The number of aliphatic hydroxyl groups is 1. The molecular formula is C19H18F2N2O4S. The Hall–Kier alpha value is -2.49. The van der Waals surface area contributed by atoms with Crippen LogP contribution in [0.5, 0.6) is 0 Å². The van der Waals surface area contributed by atoms with Crippen LogP contribution in [0.4, 0.5) is 8.78 Å². The second-order valence-corrected chi connectivity index (χ2v) is 7.23. The van der Waals surface area contributed by atoms with Crippen molar-refractivity contribution in [3.8, 4) is 11.1 Å². The molecule has 0 spiro atoms. The average Bonchev–Trinajstić information content (AvgIpc) is 2.64. The SMILES string of the molecule is CO[C@H](CO)CSc1c(-c2ccc(F)cc2F)c(C)cc2c(=O)[nH]c(=O)[nH]c12. The molecule has 2 aromatic carbocycles. The molecule has 0 bridgehead atoms. The van der Waals surface area contributed by atoms with Crippen LogP contribution in [-0.2, 0) is 4.74 Å². The van der Waals surface area contributed by atoms with Crippen LogP contribution in [0.1, 0.15) is 5.56 Å². The highest BCUT2D eigenvalue weighted by atomic mass is 32.2. The van der Waals surface area contributed by atoms with Gasteiger partial charge in [-0.25, -0.2) is 13.6 Å². The second-order valence-electron chi connectivity index (χ2n) is 6.20. The van der Waals surface area contributed by atoms with Crippen LogP contribution in [0.3, 0.4) is 0 Å². The van der Waals surface area contributed by atoms with Gasteiger partial charge in [0.1, 0.15) is 11.6 Å². The van der Waals surface area contributed by atoms with E-state index in [1.165, 1.54) is 24.9 Å². The number of thioether (sulfide) groups is 1. The van der Waals surface area contributed by atoms with E-state index >= 15 is 0 Å². The van der Waals surface area contributed by atoms with Crippen molar-refractivity contribution in [3.63, 3.8) is 0 Å². The molecule has 3 aromatic rings. The van der Waals surface area contributed by atoms with Crippen molar-refractivity contribution in [2.24, 2.45) is 0 Å². The molecule has 148 valence electrons. The molecule has 6 nitrogen and oxygen atoms in total. The molecule has 0 amide bonds. The van der Waals surface area contributed by atoms with E-state index in [-0.39, 0.29) is 28.8 Å². The molecule has 0 aliphatic carbocycles. The van der Waals surface area contributed by atoms with E-state index in [4.69, 9.17) is 4.74 Å². The van der Waals surface area contributed by atoms with Crippen molar-refractivity contribution in [1.29, 1.82) is 0 Å². The Kier molecular flexibility index (Phi) is 5.97. The van der Waals surface area contributed by atoms with Gasteiger partial charge in [-0.05, 0) is 30.7 Å². The van der Waals surface area contributed by atoms with Crippen LogP contribution in [0, 0.1) is 18.6 Å². The number of methoxy groups -OCH3 is 1. The fourth-order valence-electron chi connectivity index (χ4n) is 2.95. The number of hydrogen-bond donors (Lipinski definition) is 3. The average molecular weight is 408 g/mol. The van der Waals surface area contributed by atoms with Crippen molar-refractivity contribution >= 4 is 22.7 Å². The van der Waals surface area contributed by atoms with Crippen molar-refractivity contribution in [1.82, 2.24) is 9.97 Å². The Labute approximate surface area is 162 Å². The Morgan fingerprint density at radius 3 is 2.61 bits per heavy atom. The predicted octanol–water partition coefficient (Wildman–Crippen LogP) is 2.57. The first-order chi connectivity index (χ1) is 13.3. The molecule has 1 atom stereocenters. The van der Waals surface area contributed by atoms with Gasteiger partial charge in [0, 0.05) is 35.0 Å². The minimum Gasteiger partial charge on any atom is -0.394 e. The van der Waals surface area contributed by atoms with Gasteiger partial charge in [0.05, 0.1) is 23.6 Å². The highest BCUT2D eigenvalue weighted by Gasteiger charge is 2.20. The zero-order valence-electron chi connectivity index (χ0n) is 15.1. The standard InChI is InChI=1S/C19H18F2N2O4S/c1-9-5-13-16(22-19(26)23-18(13)25)17(28-8-11(7-24)27-2)15(9)12-4-3-10(20)6-14(12)21/h3-6,11,24H,7-8H2,1-2H3,(H2,22,23,25,26)/t11-/m1/s1. The predicted molar refractivity (Wildman–Crippen MR) is 104 cm³/mol. The van der Waals surface area contributed by atoms with E-state index < -0.39 is 29.0 Å². The van der Waals surface area contributed by atoms with E-state index in [0.717, 1.165) is 12.1 Å². The number of hydrogen-bond acceptors (Lipinski definition) is 5. The van der Waals surface area contributed by atoms with Crippen LogP contribution in [-0.4, -0.2) is 40.6 Å². The zero-order chi connectivity index (χ0) is 20.4. The monoisotopic (exact) mass is 408 g/mol. The molecule has 28 heavy (non-hydrogen) atoms. The van der Waals surface area contributed by atoms with E-state index in [2.05, 4.69) is 9.97 Å². The first-order valence-corrected chi connectivity index (χ1v) is 9.36. The molecule has 0 saturated heterocycles. The van der Waals surface area contributed by atoms with Gasteiger partial charge < -0.3 is 14.8 Å². The Morgan fingerprint density at radius 1 is 1.21 bits per heavy atom. The minimum absolute atomic E-state index is 0.141. The summed E-state index contributed by atoms with van der Waals surface area (Å²) >= 11 is 1.20. The number of halogens is 2. The molecule has 1 aromatic heterocycles. The summed E-state index contributed by atoms with van der Waals surface area (Å²) in [5, 5.41) is 9.61. The maximum atomic E-state index is 14.5. The molecule has 0 saturated carbocycles. The van der Waals surface area contributed by atoms with Crippen molar-refractivity contribution in [2.45, 2.75) is 17.9 Å².